The Morgan fingerprint density at radius 1 is 1.14 bits per heavy atom. The first-order valence-electron chi connectivity index (χ1n) is 16.0. The number of amides is 1. The molecule has 3 aliphatic heterocycles. The minimum absolute atomic E-state index is 0.0114. The number of nitrogens with one attached hydrogen (secondary N) is 4. The molecule has 5 aliphatic rings. The minimum Gasteiger partial charge on any atom is -0.390 e. The van der Waals surface area contributed by atoms with Gasteiger partial charge in [-0.15, -0.1) is 11.6 Å². The zero-order valence-corrected chi connectivity index (χ0v) is 25.2. The van der Waals surface area contributed by atoms with Gasteiger partial charge in [0.15, 0.2) is 0 Å². The van der Waals surface area contributed by atoms with Crippen LogP contribution < -0.4 is 21.3 Å². The fourth-order valence-corrected chi connectivity index (χ4v) is 8.21. The minimum atomic E-state index is -4.11. The highest BCUT2D eigenvalue weighted by atomic mass is 35.5. The first-order valence-corrected chi connectivity index (χ1v) is 16.4. The molecule has 2 saturated carbocycles. The van der Waals surface area contributed by atoms with E-state index < -0.39 is 18.2 Å². The molecular weight excluding hydrogens is 575 g/mol. The molecular formula is C29H49ClF3N5O4. The Hall–Kier alpha value is -0.730. The SMILES string of the molecule is O=C(NC[C@H](O)CN1CCC2C(CCC(OCC3CNCO3)C2Cl)C1)C1CCNC(NC2CCC(C(F)(F)F)CC2)C1. The van der Waals surface area contributed by atoms with Crippen molar-refractivity contribution in [1.29, 1.82) is 0 Å². The van der Waals surface area contributed by atoms with Gasteiger partial charge in [0.1, 0.15) is 0 Å². The second-order valence-electron chi connectivity index (χ2n) is 13.1. The maximum Gasteiger partial charge on any atom is 0.391 e. The number of ether oxygens (including phenoxy) is 2. The van der Waals surface area contributed by atoms with E-state index in [1.165, 1.54) is 0 Å². The van der Waals surface area contributed by atoms with E-state index in [4.69, 9.17) is 21.1 Å². The average molecular weight is 624 g/mol. The number of aliphatic hydroxyl groups is 1. The Balaban J connectivity index is 0.975. The Bertz CT molecular complexity index is 862. The molecule has 8 atom stereocenters. The van der Waals surface area contributed by atoms with Crippen molar-refractivity contribution in [2.75, 3.05) is 52.6 Å². The molecule has 7 unspecified atom stereocenters. The highest BCUT2D eigenvalue weighted by Crippen LogP contribution is 2.41. The number of aliphatic hydroxyl groups excluding tert-OH is 1. The van der Waals surface area contributed by atoms with Gasteiger partial charge in [0.2, 0.25) is 5.91 Å². The normalized spacial score (nSPS) is 39.0. The molecule has 9 nitrogen and oxygen atoms in total. The van der Waals surface area contributed by atoms with Crippen molar-refractivity contribution in [3.8, 4) is 0 Å². The molecule has 13 heteroatoms. The zero-order chi connectivity index (χ0) is 29.7. The number of nitrogens with zero attached hydrogens (tertiary/aromatic N) is 1. The topological polar surface area (TPSA) is 107 Å². The summed E-state index contributed by atoms with van der Waals surface area (Å²) in [4.78, 5) is 15.2. The molecule has 0 radical (unpaired) electrons. The lowest BCUT2D eigenvalue weighted by molar-refractivity contribution is -0.182. The van der Waals surface area contributed by atoms with Crippen LogP contribution in [0, 0.1) is 23.7 Å². The molecule has 0 aromatic rings. The van der Waals surface area contributed by atoms with Crippen LogP contribution in [0.4, 0.5) is 13.2 Å². The van der Waals surface area contributed by atoms with Gasteiger partial charge >= 0.3 is 6.18 Å². The van der Waals surface area contributed by atoms with E-state index in [1.807, 2.05) is 0 Å². The van der Waals surface area contributed by atoms with E-state index in [0.717, 1.165) is 38.9 Å². The Labute approximate surface area is 252 Å². The van der Waals surface area contributed by atoms with E-state index >= 15 is 0 Å². The number of hydrogen-bond acceptors (Lipinski definition) is 8. The maximum atomic E-state index is 13.0. The molecule has 3 saturated heterocycles. The molecule has 2 aliphatic carbocycles. The summed E-state index contributed by atoms with van der Waals surface area (Å²) in [6, 6.07) is 0.0367. The lowest BCUT2D eigenvalue weighted by atomic mass is 9.73. The van der Waals surface area contributed by atoms with Crippen LogP contribution >= 0.6 is 11.6 Å². The summed E-state index contributed by atoms with van der Waals surface area (Å²) < 4.78 is 50.7. The summed E-state index contributed by atoms with van der Waals surface area (Å²) >= 11 is 6.89. The smallest absolute Gasteiger partial charge is 0.390 e. The number of alkyl halides is 4. The number of carbonyl (C=O) groups excluding carboxylic acids is 1. The lowest BCUT2D eigenvalue weighted by Gasteiger charge is -2.46. The van der Waals surface area contributed by atoms with Crippen LogP contribution in [0.1, 0.15) is 57.8 Å². The van der Waals surface area contributed by atoms with Crippen molar-refractivity contribution >= 4 is 17.5 Å². The molecule has 0 bridgehead atoms. The second-order valence-corrected chi connectivity index (χ2v) is 13.6. The zero-order valence-electron chi connectivity index (χ0n) is 24.4. The summed E-state index contributed by atoms with van der Waals surface area (Å²) in [5, 5.41) is 23.6. The van der Waals surface area contributed by atoms with Gasteiger partial charge in [-0.1, -0.05) is 0 Å². The van der Waals surface area contributed by atoms with Gasteiger partial charge < -0.3 is 30.1 Å². The summed E-state index contributed by atoms with van der Waals surface area (Å²) in [5.41, 5.74) is 0. The summed E-state index contributed by atoms with van der Waals surface area (Å²) in [7, 11) is 0. The van der Waals surface area contributed by atoms with Crippen LogP contribution in [0.15, 0.2) is 0 Å². The van der Waals surface area contributed by atoms with Crippen LogP contribution in [-0.4, -0.2) is 111 Å². The molecule has 42 heavy (non-hydrogen) atoms. The van der Waals surface area contributed by atoms with Gasteiger partial charge in [-0.05, 0) is 82.7 Å². The number of carbonyl (C=O) groups is 1. The molecule has 5 N–H and O–H groups in total. The van der Waals surface area contributed by atoms with E-state index in [-0.39, 0.29) is 61.0 Å². The molecule has 3 heterocycles. The lowest BCUT2D eigenvalue weighted by Crippen LogP contribution is -2.55. The van der Waals surface area contributed by atoms with Gasteiger partial charge in [-0.2, -0.15) is 13.2 Å². The van der Waals surface area contributed by atoms with Crippen molar-refractivity contribution in [3.05, 3.63) is 0 Å². The molecule has 0 spiro atoms. The monoisotopic (exact) mass is 623 g/mol. The second kappa shape index (κ2) is 15.0. The Morgan fingerprint density at radius 2 is 1.95 bits per heavy atom. The quantitative estimate of drug-likeness (QED) is 0.236. The molecule has 0 aromatic heterocycles. The predicted octanol–water partition coefficient (Wildman–Crippen LogP) is 2.17. The van der Waals surface area contributed by atoms with Crippen LogP contribution in [0.3, 0.4) is 0 Å². The van der Waals surface area contributed by atoms with Gasteiger partial charge in [0.25, 0.3) is 0 Å². The average Bonchev–Trinajstić information content (AvgIpc) is 3.49. The van der Waals surface area contributed by atoms with Crippen molar-refractivity contribution in [2.45, 2.75) is 99.9 Å². The standard InChI is InChI=1S/C29H49ClF3N5O4/c30-27-24-8-10-38(14-19(24)1-6-25(27)41-16-23-13-34-17-42-23)15-22(39)12-36-28(40)18-7-9-35-26(11-18)37-21-4-2-20(3-5-21)29(31,32)33/h18-27,34-35,37,39H,1-17H2,(H,36,40)/t18?,19?,20?,21?,22-,23?,24?,25?,26?,27?/m0/s1. The Morgan fingerprint density at radius 3 is 2.69 bits per heavy atom. The summed E-state index contributed by atoms with van der Waals surface area (Å²) in [6.07, 6.45) is 0.857. The number of halogens is 4. The predicted molar refractivity (Wildman–Crippen MR) is 153 cm³/mol. The van der Waals surface area contributed by atoms with Crippen LogP contribution in [0.2, 0.25) is 0 Å². The summed E-state index contributed by atoms with van der Waals surface area (Å²) in [5.74, 6) is -0.563. The van der Waals surface area contributed by atoms with E-state index in [1.54, 1.807) is 0 Å². The number of rotatable bonds is 10. The van der Waals surface area contributed by atoms with Crippen molar-refractivity contribution in [3.63, 3.8) is 0 Å². The number of likely N-dealkylation sites (tertiary alicyclic amines) is 1. The first-order chi connectivity index (χ1) is 20.2. The number of fused-ring (bicyclic) bond motifs is 1. The fraction of sp³-hybridized carbons (Fsp3) is 0.966. The molecule has 0 aromatic carbocycles. The molecule has 5 fully saturated rings. The van der Waals surface area contributed by atoms with Crippen LogP contribution in [0.25, 0.3) is 0 Å². The maximum absolute atomic E-state index is 13.0. The third-order valence-corrected chi connectivity index (χ3v) is 10.7. The Kier molecular flexibility index (Phi) is 11.7. The van der Waals surface area contributed by atoms with Crippen LogP contribution in [-0.2, 0) is 14.3 Å². The largest absolute Gasteiger partial charge is 0.391 e. The van der Waals surface area contributed by atoms with E-state index in [0.29, 0.717) is 63.9 Å². The van der Waals surface area contributed by atoms with Gasteiger partial charge in [0.05, 0.1) is 49.1 Å². The van der Waals surface area contributed by atoms with Crippen molar-refractivity contribution < 1.29 is 32.5 Å². The number of β-amino-alcohol motifs (C(OH)–C–C–N with tert-alkyl or cyclic N) is 1. The van der Waals surface area contributed by atoms with Gasteiger partial charge in [0, 0.05) is 38.1 Å². The highest BCUT2D eigenvalue weighted by Gasteiger charge is 2.43. The highest BCUT2D eigenvalue weighted by molar-refractivity contribution is 6.21. The van der Waals surface area contributed by atoms with Crippen molar-refractivity contribution in [2.24, 2.45) is 23.7 Å². The molecule has 242 valence electrons. The van der Waals surface area contributed by atoms with Crippen LogP contribution in [0.5, 0.6) is 0 Å². The summed E-state index contributed by atoms with van der Waals surface area (Å²) in [6.45, 7) is 5.12. The van der Waals surface area contributed by atoms with Crippen molar-refractivity contribution in [1.82, 2.24) is 26.2 Å². The molecule has 1 amide bonds. The van der Waals surface area contributed by atoms with Gasteiger partial charge in [-0.25, -0.2) is 0 Å². The molecule has 5 rings (SSSR count). The third kappa shape index (κ3) is 8.93. The number of piperidine rings is 2. The fourth-order valence-electron chi connectivity index (χ4n) is 7.68. The van der Waals surface area contributed by atoms with E-state index in [2.05, 4.69) is 26.2 Å². The van der Waals surface area contributed by atoms with E-state index in [9.17, 15) is 23.1 Å². The number of hydrogen-bond donors (Lipinski definition) is 5. The first kappa shape index (κ1) is 32.7. The van der Waals surface area contributed by atoms with Gasteiger partial charge in [-0.3, -0.25) is 15.4 Å². The third-order valence-electron chi connectivity index (χ3n) is 10.1.